The van der Waals surface area contributed by atoms with Crippen molar-refractivity contribution in [2.75, 3.05) is 13.7 Å². The molecule has 1 heterocycles. The van der Waals surface area contributed by atoms with Crippen LogP contribution in [0.1, 0.15) is 43.3 Å². The second kappa shape index (κ2) is 6.12. The van der Waals surface area contributed by atoms with Gasteiger partial charge in [0.05, 0.1) is 17.9 Å². The fraction of sp³-hybridized carbons (Fsp3) is 0.625. The van der Waals surface area contributed by atoms with Gasteiger partial charge < -0.3 is 19.2 Å². The van der Waals surface area contributed by atoms with Crippen LogP contribution in [0.25, 0.3) is 0 Å². The normalized spacial score (nSPS) is 22.9. The standard InChI is InChI=1S/C16H23NO5/c1-5-21-13-9-12(16(13,2)3)17(4)15(20)10-6-7-22-11(10)8-14(18)19/h6-7,12-13H,5,8-9H2,1-4H3,(H,18,19)/t12-,13-/m1/s1. The lowest BCUT2D eigenvalue weighted by atomic mass is 9.63. The molecular formula is C16H23NO5. The zero-order valence-electron chi connectivity index (χ0n) is 13.5. The number of carboxylic acids is 1. The molecule has 6 heteroatoms. The highest BCUT2D eigenvalue weighted by molar-refractivity contribution is 5.96. The molecule has 0 aromatic carbocycles. The van der Waals surface area contributed by atoms with Gasteiger partial charge in [0.2, 0.25) is 0 Å². The summed E-state index contributed by atoms with van der Waals surface area (Å²) in [6, 6.07) is 1.59. The average Bonchev–Trinajstić information content (AvgIpc) is 2.88. The Labute approximate surface area is 130 Å². The van der Waals surface area contributed by atoms with E-state index in [1.807, 2.05) is 6.92 Å². The van der Waals surface area contributed by atoms with Gasteiger partial charge in [0.1, 0.15) is 12.2 Å². The van der Waals surface area contributed by atoms with Gasteiger partial charge in [0.25, 0.3) is 5.91 Å². The maximum absolute atomic E-state index is 12.6. The summed E-state index contributed by atoms with van der Waals surface area (Å²) in [6.07, 6.45) is 1.99. The Hall–Kier alpha value is -1.82. The summed E-state index contributed by atoms with van der Waals surface area (Å²) >= 11 is 0. The van der Waals surface area contributed by atoms with Crippen LogP contribution in [0.2, 0.25) is 0 Å². The Bertz CT molecular complexity index is 563. The summed E-state index contributed by atoms with van der Waals surface area (Å²) in [7, 11) is 1.74. The van der Waals surface area contributed by atoms with E-state index in [1.165, 1.54) is 12.3 Å². The van der Waals surface area contributed by atoms with Gasteiger partial charge in [-0.3, -0.25) is 9.59 Å². The number of nitrogens with zero attached hydrogens (tertiary/aromatic N) is 1. The molecule has 0 radical (unpaired) electrons. The van der Waals surface area contributed by atoms with Crippen LogP contribution < -0.4 is 0 Å². The van der Waals surface area contributed by atoms with Crippen LogP contribution in [0.3, 0.4) is 0 Å². The van der Waals surface area contributed by atoms with Crippen LogP contribution >= 0.6 is 0 Å². The Kier molecular flexibility index (Phi) is 4.60. The Morgan fingerprint density at radius 2 is 2.18 bits per heavy atom. The average molecular weight is 309 g/mol. The van der Waals surface area contributed by atoms with E-state index in [0.717, 1.165) is 6.42 Å². The molecule has 1 aliphatic rings. The molecule has 1 N–H and O–H groups in total. The molecule has 0 spiro atoms. The van der Waals surface area contributed by atoms with Crippen LogP contribution in [-0.4, -0.2) is 47.7 Å². The van der Waals surface area contributed by atoms with Gasteiger partial charge in [-0.15, -0.1) is 0 Å². The number of amides is 1. The Morgan fingerprint density at radius 3 is 2.73 bits per heavy atom. The zero-order chi connectivity index (χ0) is 16.5. The molecule has 1 amide bonds. The van der Waals surface area contributed by atoms with Gasteiger partial charge in [-0.25, -0.2) is 0 Å². The molecule has 6 nitrogen and oxygen atoms in total. The minimum atomic E-state index is -1.02. The second-order valence-corrected chi connectivity index (χ2v) is 6.26. The molecule has 0 unspecified atom stereocenters. The van der Waals surface area contributed by atoms with Crippen LogP contribution in [-0.2, 0) is 16.0 Å². The van der Waals surface area contributed by atoms with Crippen molar-refractivity contribution in [2.45, 2.75) is 45.8 Å². The number of carbonyl (C=O) groups is 2. The highest BCUT2D eigenvalue weighted by Crippen LogP contribution is 2.45. The first-order valence-corrected chi connectivity index (χ1v) is 7.46. The van der Waals surface area contributed by atoms with Gasteiger partial charge >= 0.3 is 5.97 Å². The third-order valence-electron chi connectivity index (χ3n) is 4.57. The summed E-state index contributed by atoms with van der Waals surface area (Å²) < 4.78 is 10.8. The van der Waals surface area contributed by atoms with Gasteiger partial charge in [-0.1, -0.05) is 13.8 Å². The molecule has 0 aliphatic heterocycles. The number of carbonyl (C=O) groups excluding carboxylic acids is 1. The Balaban J connectivity index is 2.11. The minimum Gasteiger partial charge on any atom is -0.481 e. The van der Waals surface area contributed by atoms with E-state index in [-0.39, 0.29) is 35.6 Å². The molecule has 1 aromatic heterocycles. The van der Waals surface area contributed by atoms with Crippen molar-refractivity contribution >= 4 is 11.9 Å². The third-order valence-corrected chi connectivity index (χ3v) is 4.57. The van der Waals surface area contributed by atoms with E-state index in [1.54, 1.807) is 11.9 Å². The first-order valence-electron chi connectivity index (χ1n) is 7.46. The maximum atomic E-state index is 12.6. The fourth-order valence-electron chi connectivity index (χ4n) is 3.14. The lowest BCUT2D eigenvalue weighted by Crippen LogP contribution is -2.62. The van der Waals surface area contributed by atoms with E-state index in [9.17, 15) is 9.59 Å². The van der Waals surface area contributed by atoms with E-state index in [0.29, 0.717) is 12.2 Å². The first-order chi connectivity index (χ1) is 10.3. The van der Waals surface area contributed by atoms with Crippen molar-refractivity contribution < 1.29 is 23.8 Å². The van der Waals surface area contributed by atoms with E-state index in [4.69, 9.17) is 14.3 Å². The van der Waals surface area contributed by atoms with Gasteiger partial charge in [-0.2, -0.15) is 0 Å². The number of hydrogen-bond acceptors (Lipinski definition) is 4. The molecule has 0 bridgehead atoms. The molecule has 2 rings (SSSR count). The van der Waals surface area contributed by atoms with Crippen molar-refractivity contribution in [2.24, 2.45) is 5.41 Å². The van der Waals surface area contributed by atoms with E-state index >= 15 is 0 Å². The maximum Gasteiger partial charge on any atom is 0.311 e. The molecule has 122 valence electrons. The molecule has 1 fully saturated rings. The summed E-state index contributed by atoms with van der Waals surface area (Å²) in [5, 5.41) is 8.87. The van der Waals surface area contributed by atoms with Crippen LogP contribution in [0.5, 0.6) is 0 Å². The topological polar surface area (TPSA) is 80.0 Å². The molecule has 1 aromatic rings. The van der Waals surface area contributed by atoms with Gasteiger partial charge in [-0.05, 0) is 19.4 Å². The summed E-state index contributed by atoms with van der Waals surface area (Å²) in [5.74, 6) is -1.03. The van der Waals surface area contributed by atoms with Crippen molar-refractivity contribution in [3.8, 4) is 0 Å². The molecule has 2 atom stereocenters. The smallest absolute Gasteiger partial charge is 0.311 e. The van der Waals surface area contributed by atoms with Crippen molar-refractivity contribution in [1.82, 2.24) is 4.90 Å². The highest BCUT2D eigenvalue weighted by Gasteiger charge is 2.52. The molecule has 1 aliphatic carbocycles. The molecule has 1 saturated carbocycles. The van der Waals surface area contributed by atoms with Crippen LogP contribution in [0.15, 0.2) is 16.7 Å². The minimum absolute atomic E-state index is 0.0594. The van der Waals surface area contributed by atoms with E-state index in [2.05, 4.69) is 13.8 Å². The van der Waals surface area contributed by atoms with Crippen LogP contribution in [0, 0.1) is 5.41 Å². The summed E-state index contributed by atoms with van der Waals surface area (Å²) in [5.41, 5.74) is 0.192. The van der Waals surface area contributed by atoms with Crippen molar-refractivity contribution in [1.29, 1.82) is 0 Å². The largest absolute Gasteiger partial charge is 0.481 e. The fourth-order valence-corrected chi connectivity index (χ4v) is 3.14. The first kappa shape index (κ1) is 16.5. The van der Waals surface area contributed by atoms with Gasteiger partial charge in [0, 0.05) is 25.1 Å². The number of furan rings is 1. The number of carboxylic acid groups (broad SMARTS) is 1. The predicted molar refractivity (Wildman–Crippen MR) is 79.7 cm³/mol. The summed E-state index contributed by atoms with van der Waals surface area (Å²) in [6.45, 7) is 6.78. The highest BCUT2D eigenvalue weighted by atomic mass is 16.5. The van der Waals surface area contributed by atoms with Crippen molar-refractivity contribution in [3.05, 3.63) is 23.7 Å². The number of ether oxygens (including phenoxy) is 1. The monoisotopic (exact) mass is 309 g/mol. The number of aliphatic carboxylic acids is 1. The van der Waals surface area contributed by atoms with Crippen LogP contribution in [0.4, 0.5) is 0 Å². The van der Waals surface area contributed by atoms with Crippen molar-refractivity contribution in [3.63, 3.8) is 0 Å². The predicted octanol–water partition coefficient (Wildman–Crippen LogP) is 2.18. The second-order valence-electron chi connectivity index (χ2n) is 6.26. The number of rotatable bonds is 6. The van der Waals surface area contributed by atoms with E-state index < -0.39 is 5.97 Å². The molecular weight excluding hydrogens is 286 g/mol. The number of hydrogen-bond donors (Lipinski definition) is 1. The third kappa shape index (κ3) is 2.88. The Morgan fingerprint density at radius 1 is 1.50 bits per heavy atom. The SMILES string of the molecule is CCO[C@@H]1C[C@@H](N(C)C(=O)c2ccoc2CC(=O)O)C1(C)C. The quantitative estimate of drug-likeness (QED) is 0.871. The zero-order valence-corrected chi connectivity index (χ0v) is 13.5. The molecule has 0 saturated heterocycles. The lowest BCUT2D eigenvalue weighted by molar-refractivity contribution is -0.136. The lowest BCUT2D eigenvalue weighted by Gasteiger charge is -2.54. The van der Waals surface area contributed by atoms with Gasteiger partial charge in [0.15, 0.2) is 0 Å². The summed E-state index contributed by atoms with van der Waals surface area (Å²) in [4.78, 5) is 25.1. The molecule has 22 heavy (non-hydrogen) atoms.